The molecule has 3 nitrogen and oxygen atoms in total. The Hall–Kier alpha value is -1.77. The van der Waals surface area contributed by atoms with E-state index >= 15 is 0 Å². The summed E-state index contributed by atoms with van der Waals surface area (Å²) in [6.45, 7) is 1.12. The molecule has 0 bridgehead atoms. The molecule has 4 rings (SSSR count). The molecule has 1 aromatic carbocycles. The van der Waals surface area contributed by atoms with E-state index in [0.29, 0.717) is 5.92 Å². The summed E-state index contributed by atoms with van der Waals surface area (Å²) in [5.41, 5.74) is 4.23. The molecule has 0 amide bonds. The normalized spacial score (nSPS) is 24.4. The second-order valence-electron chi connectivity index (χ2n) is 6.03. The van der Waals surface area contributed by atoms with Crippen LogP contribution in [0.2, 0.25) is 0 Å². The lowest BCUT2D eigenvalue weighted by molar-refractivity contribution is -0.146. The molecule has 1 aliphatic heterocycles. The zero-order chi connectivity index (χ0) is 13.7. The Morgan fingerprint density at radius 3 is 3.05 bits per heavy atom. The van der Waals surface area contributed by atoms with E-state index in [1.807, 2.05) is 0 Å². The summed E-state index contributed by atoms with van der Waals surface area (Å²) in [6.07, 6.45) is 4.21. The number of esters is 1. The highest BCUT2D eigenvalue weighted by atomic mass is 16.5. The van der Waals surface area contributed by atoms with Crippen LogP contribution in [-0.2, 0) is 22.5 Å². The molecule has 2 aromatic rings. The summed E-state index contributed by atoms with van der Waals surface area (Å²) in [7, 11) is 1.50. The maximum atomic E-state index is 12.0. The number of hydrogen-bond acceptors (Lipinski definition) is 2. The fraction of sp³-hybridized carbons (Fsp3) is 0.471. The summed E-state index contributed by atoms with van der Waals surface area (Å²) in [6, 6.07) is 8.62. The quantitative estimate of drug-likeness (QED) is 0.744. The Morgan fingerprint density at radius 1 is 1.35 bits per heavy atom. The molecule has 20 heavy (non-hydrogen) atoms. The van der Waals surface area contributed by atoms with Gasteiger partial charge in [0.2, 0.25) is 0 Å². The minimum Gasteiger partial charge on any atom is -0.469 e. The number of hydrogen-bond donors (Lipinski definition) is 0. The van der Waals surface area contributed by atoms with Crippen molar-refractivity contribution in [2.75, 3.05) is 7.11 Å². The van der Waals surface area contributed by atoms with E-state index in [0.717, 1.165) is 19.4 Å². The topological polar surface area (TPSA) is 31.2 Å². The highest BCUT2D eigenvalue weighted by molar-refractivity contribution is 5.87. The van der Waals surface area contributed by atoms with Crippen LogP contribution in [0.25, 0.3) is 10.9 Å². The summed E-state index contributed by atoms with van der Waals surface area (Å²) in [5, 5.41) is 1.34. The third kappa shape index (κ3) is 1.55. The SMILES string of the molecule is COC(=O)[C@@H]1Cc2c3n(c4ccccc24)CCC[C@@H]3C1. The Morgan fingerprint density at radius 2 is 2.20 bits per heavy atom. The van der Waals surface area contributed by atoms with Gasteiger partial charge in [0, 0.05) is 29.1 Å². The highest BCUT2D eigenvalue weighted by Gasteiger charge is 2.37. The predicted molar refractivity (Wildman–Crippen MR) is 77.7 cm³/mol. The number of ether oxygens (including phenoxy) is 1. The number of benzene rings is 1. The fourth-order valence-corrected chi connectivity index (χ4v) is 4.20. The van der Waals surface area contributed by atoms with E-state index in [1.54, 1.807) is 0 Å². The average Bonchev–Trinajstić information content (AvgIpc) is 2.83. The lowest BCUT2D eigenvalue weighted by Gasteiger charge is -2.33. The van der Waals surface area contributed by atoms with Gasteiger partial charge in [-0.2, -0.15) is 0 Å². The number of para-hydroxylation sites is 1. The van der Waals surface area contributed by atoms with Crippen LogP contribution in [-0.4, -0.2) is 17.6 Å². The van der Waals surface area contributed by atoms with Gasteiger partial charge < -0.3 is 9.30 Å². The maximum Gasteiger partial charge on any atom is 0.309 e. The lowest BCUT2D eigenvalue weighted by Crippen LogP contribution is -2.29. The van der Waals surface area contributed by atoms with Gasteiger partial charge in [-0.25, -0.2) is 0 Å². The van der Waals surface area contributed by atoms with Gasteiger partial charge in [-0.15, -0.1) is 0 Å². The summed E-state index contributed by atoms with van der Waals surface area (Å²) >= 11 is 0. The molecule has 1 aliphatic carbocycles. The molecular formula is C17H19NO2. The minimum absolute atomic E-state index is 0.0369. The van der Waals surface area contributed by atoms with E-state index in [2.05, 4.69) is 28.8 Å². The van der Waals surface area contributed by atoms with Crippen molar-refractivity contribution in [2.24, 2.45) is 5.92 Å². The number of carbonyl (C=O) groups is 1. The van der Waals surface area contributed by atoms with E-state index in [4.69, 9.17) is 4.74 Å². The number of methoxy groups -OCH3 is 1. The van der Waals surface area contributed by atoms with Crippen LogP contribution in [0.15, 0.2) is 24.3 Å². The Bertz CT molecular complexity index is 686. The first-order valence-corrected chi connectivity index (χ1v) is 7.47. The molecule has 0 fully saturated rings. The van der Waals surface area contributed by atoms with Gasteiger partial charge in [-0.1, -0.05) is 18.2 Å². The zero-order valence-electron chi connectivity index (χ0n) is 11.8. The maximum absolute atomic E-state index is 12.0. The standard InChI is InChI=1S/C17H19NO2/c1-20-17(19)12-9-11-5-4-8-18-15-7-3-2-6-13(15)14(10-12)16(11)18/h2-3,6-7,11-12H,4-5,8-10H2,1H3/t11-,12+/m1/s1. The van der Waals surface area contributed by atoms with Gasteiger partial charge in [0.05, 0.1) is 13.0 Å². The molecule has 0 radical (unpaired) electrons. The molecule has 2 heterocycles. The van der Waals surface area contributed by atoms with Gasteiger partial charge in [-0.3, -0.25) is 4.79 Å². The number of carbonyl (C=O) groups excluding carboxylic acids is 1. The van der Waals surface area contributed by atoms with Gasteiger partial charge in [-0.05, 0) is 37.3 Å². The molecule has 3 heteroatoms. The first-order valence-electron chi connectivity index (χ1n) is 7.47. The molecule has 1 aromatic heterocycles. The Labute approximate surface area is 118 Å². The summed E-state index contributed by atoms with van der Waals surface area (Å²) < 4.78 is 7.48. The van der Waals surface area contributed by atoms with Crippen LogP contribution in [0.3, 0.4) is 0 Å². The van der Waals surface area contributed by atoms with E-state index in [9.17, 15) is 4.79 Å². The van der Waals surface area contributed by atoms with Crippen molar-refractivity contribution in [3.05, 3.63) is 35.5 Å². The minimum atomic E-state index is -0.0435. The van der Waals surface area contributed by atoms with Crippen molar-refractivity contribution < 1.29 is 9.53 Å². The fourth-order valence-electron chi connectivity index (χ4n) is 4.20. The Kier molecular flexibility index (Phi) is 2.62. The Balaban J connectivity index is 1.92. The van der Waals surface area contributed by atoms with Crippen LogP contribution < -0.4 is 0 Å². The third-order valence-electron chi connectivity index (χ3n) is 5.00. The largest absolute Gasteiger partial charge is 0.469 e. The van der Waals surface area contributed by atoms with E-state index < -0.39 is 0 Å². The van der Waals surface area contributed by atoms with Crippen molar-refractivity contribution >= 4 is 16.9 Å². The van der Waals surface area contributed by atoms with E-state index in [-0.39, 0.29) is 11.9 Å². The monoisotopic (exact) mass is 269 g/mol. The first kappa shape index (κ1) is 12.0. The van der Waals surface area contributed by atoms with Crippen LogP contribution >= 0.6 is 0 Å². The van der Waals surface area contributed by atoms with Crippen molar-refractivity contribution in [1.29, 1.82) is 0 Å². The van der Waals surface area contributed by atoms with Gasteiger partial charge in [0.1, 0.15) is 0 Å². The lowest BCUT2D eigenvalue weighted by atomic mass is 9.76. The zero-order valence-corrected chi connectivity index (χ0v) is 11.8. The summed E-state index contributed by atoms with van der Waals surface area (Å²) in [4.78, 5) is 12.0. The average molecular weight is 269 g/mol. The van der Waals surface area contributed by atoms with E-state index in [1.165, 1.54) is 42.1 Å². The van der Waals surface area contributed by atoms with Crippen LogP contribution in [0, 0.1) is 5.92 Å². The van der Waals surface area contributed by atoms with Crippen LogP contribution in [0.4, 0.5) is 0 Å². The molecule has 0 spiro atoms. The molecule has 0 saturated heterocycles. The van der Waals surface area contributed by atoms with Gasteiger partial charge in [0.25, 0.3) is 0 Å². The number of aromatic nitrogens is 1. The van der Waals surface area contributed by atoms with Gasteiger partial charge >= 0.3 is 5.97 Å². The molecule has 0 N–H and O–H groups in total. The highest BCUT2D eigenvalue weighted by Crippen LogP contribution is 2.45. The predicted octanol–water partition coefficient (Wildman–Crippen LogP) is 3.25. The second kappa shape index (κ2) is 4.37. The molecular weight excluding hydrogens is 250 g/mol. The van der Waals surface area contributed by atoms with Crippen molar-refractivity contribution in [3.8, 4) is 0 Å². The molecule has 0 saturated carbocycles. The summed E-state index contributed by atoms with van der Waals surface area (Å²) in [5.74, 6) is 0.525. The van der Waals surface area contributed by atoms with Crippen LogP contribution in [0.1, 0.15) is 36.4 Å². The molecule has 2 atom stereocenters. The molecule has 0 unspecified atom stereocenters. The number of rotatable bonds is 1. The van der Waals surface area contributed by atoms with Gasteiger partial charge in [0.15, 0.2) is 0 Å². The van der Waals surface area contributed by atoms with Crippen molar-refractivity contribution in [1.82, 2.24) is 4.57 Å². The molecule has 104 valence electrons. The number of fused-ring (bicyclic) bond motifs is 3. The first-order chi connectivity index (χ1) is 9.79. The number of nitrogens with zero attached hydrogens (tertiary/aromatic N) is 1. The van der Waals surface area contributed by atoms with Crippen LogP contribution in [0.5, 0.6) is 0 Å². The smallest absolute Gasteiger partial charge is 0.309 e. The molecule has 2 aliphatic rings. The van der Waals surface area contributed by atoms with Crippen molar-refractivity contribution in [3.63, 3.8) is 0 Å². The third-order valence-corrected chi connectivity index (χ3v) is 5.00. The second-order valence-corrected chi connectivity index (χ2v) is 6.03. The van der Waals surface area contributed by atoms with Crippen molar-refractivity contribution in [2.45, 2.75) is 38.1 Å². The number of aryl methyl sites for hydroxylation is 1.